The molecule has 0 bridgehead atoms. The molecule has 0 aliphatic rings. The van der Waals surface area contributed by atoms with Gasteiger partial charge in [0, 0.05) is 0 Å². The fourth-order valence-corrected chi connectivity index (χ4v) is 1.01. The number of carbonyl (C=O) groups is 2. The maximum Gasteiger partial charge on any atom is 0.345 e. The van der Waals surface area contributed by atoms with Gasteiger partial charge in [-0.15, -0.1) is 0 Å². The summed E-state index contributed by atoms with van der Waals surface area (Å²) in [5, 5.41) is 8.68. The maximum absolute atomic E-state index is 11.4. The topological polar surface area (TPSA) is 89.6 Å². The van der Waals surface area contributed by atoms with Crippen LogP contribution in [0.2, 0.25) is 0 Å². The molecule has 3 atom stereocenters. The Balaban J connectivity index is 4.28. The van der Waals surface area contributed by atoms with Crippen molar-refractivity contribution in [1.82, 2.24) is 0 Å². The van der Waals surface area contributed by atoms with Gasteiger partial charge in [-0.3, -0.25) is 4.79 Å². The SMILES string of the molecule is CCC(OC(=O)[C@@H](N)[C@@H](C)CC)C(=O)O. The average Bonchev–Trinajstić information content (AvgIpc) is 2.22. The Kier molecular flexibility index (Phi) is 5.93. The van der Waals surface area contributed by atoms with Gasteiger partial charge >= 0.3 is 11.9 Å². The van der Waals surface area contributed by atoms with Crippen LogP contribution >= 0.6 is 0 Å². The second kappa shape index (κ2) is 6.40. The van der Waals surface area contributed by atoms with E-state index in [4.69, 9.17) is 15.6 Å². The van der Waals surface area contributed by atoms with E-state index in [0.29, 0.717) is 0 Å². The van der Waals surface area contributed by atoms with Crippen molar-refractivity contribution in [3.8, 4) is 0 Å². The molecular formula is C10H19NO4. The van der Waals surface area contributed by atoms with Gasteiger partial charge in [-0.2, -0.15) is 0 Å². The van der Waals surface area contributed by atoms with Crippen LogP contribution in [0.25, 0.3) is 0 Å². The first-order chi connectivity index (χ1) is 6.93. The number of hydrogen-bond donors (Lipinski definition) is 2. The van der Waals surface area contributed by atoms with Crippen molar-refractivity contribution in [3.05, 3.63) is 0 Å². The van der Waals surface area contributed by atoms with Gasteiger partial charge in [-0.25, -0.2) is 4.79 Å². The number of hydrogen-bond acceptors (Lipinski definition) is 4. The number of carboxylic acids is 1. The summed E-state index contributed by atoms with van der Waals surface area (Å²) in [5.74, 6) is -1.79. The Morgan fingerprint density at radius 3 is 2.20 bits per heavy atom. The van der Waals surface area contributed by atoms with Crippen molar-refractivity contribution >= 4 is 11.9 Å². The Morgan fingerprint density at radius 2 is 1.87 bits per heavy atom. The van der Waals surface area contributed by atoms with E-state index in [-0.39, 0.29) is 12.3 Å². The Bertz CT molecular complexity index is 229. The van der Waals surface area contributed by atoms with Gasteiger partial charge in [0.25, 0.3) is 0 Å². The van der Waals surface area contributed by atoms with E-state index in [1.165, 1.54) is 0 Å². The molecule has 0 aromatic rings. The van der Waals surface area contributed by atoms with Crippen LogP contribution in [0.4, 0.5) is 0 Å². The molecule has 3 N–H and O–H groups in total. The van der Waals surface area contributed by atoms with Gasteiger partial charge < -0.3 is 15.6 Å². The predicted molar refractivity (Wildman–Crippen MR) is 55.2 cm³/mol. The van der Waals surface area contributed by atoms with Gasteiger partial charge in [-0.05, 0) is 12.3 Å². The second-order valence-electron chi connectivity index (χ2n) is 3.58. The standard InChI is InChI=1S/C10H19NO4/c1-4-6(3)8(11)10(14)15-7(5-2)9(12)13/h6-8H,4-5,11H2,1-3H3,(H,12,13)/t6-,7?,8-/m0/s1. The van der Waals surface area contributed by atoms with Crippen molar-refractivity contribution in [2.24, 2.45) is 11.7 Å². The zero-order valence-corrected chi connectivity index (χ0v) is 9.40. The molecular weight excluding hydrogens is 198 g/mol. The summed E-state index contributed by atoms with van der Waals surface area (Å²) in [6.07, 6.45) is -0.0957. The number of esters is 1. The van der Waals surface area contributed by atoms with Crippen molar-refractivity contribution in [3.63, 3.8) is 0 Å². The summed E-state index contributed by atoms with van der Waals surface area (Å²) in [5.41, 5.74) is 5.61. The van der Waals surface area contributed by atoms with E-state index >= 15 is 0 Å². The Hall–Kier alpha value is -1.10. The van der Waals surface area contributed by atoms with Gasteiger partial charge in [0.15, 0.2) is 6.10 Å². The summed E-state index contributed by atoms with van der Waals surface area (Å²) >= 11 is 0. The Labute approximate surface area is 89.6 Å². The maximum atomic E-state index is 11.4. The number of aliphatic carboxylic acids is 1. The van der Waals surface area contributed by atoms with Crippen LogP contribution in [0, 0.1) is 5.92 Å². The van der Waals surface area contributed by atoms with Crippen molar-refractivity contribution in [2.75, 3.05) is 0 Å². The van der Waals surface area contributed by atoms with Gasteiger partial charge in [0.05, 0.1) is 0 Å². The minimum Gasteiger partial charge on any atom is -0.479 e. The molecule has 5 nitrogen and oxygen atoms in total. The molecule has 0 spiro atoms. The van der Waals surface area contributed by atoms with Crippen LogP contribution < -0.4 is 5.73 Å². The first kappa shape index (κ1) is 13.9. The minimum atomic E-state index is -1.14. The fraction of sp³-hybridized carbons (Fsp3) is 0.800. The molecule has 0 aromatic carbocycles. The Morgan fingerprint density at radius 1 is 1.33 bits per heavy atom. The van der Waals surface area contributed by atoms with Crippen LogP contribution in [-0.2, 0) is 14.3 Å². The number of carboxylic acid groups (broad SMARTS) is 1. The number of rotatable bonds is 6. The van der Waals surface area contributed by atoms with Gasteiger partial charge in [0.2, 0.25) is 0 Å². The molecule has 0 heterocycles. The summed E-state index contributed by atoms with van der Waals surface area (Å²) in [6.45, 7) is 5.38. The molecule has 5 heteroatoms. The average molecular weight is 217 g/mol. The van der Waals surface area contributed by atoms with E-state index < -0.39 is 24.1 Å². The second-order valence-corrected chi connectivity index (χ2v) is 3.58. The lowest BCUT2D eigenvalue weighted by atomic mass is 10.0. The van der Waals surface area contributed by atoms with Gasteiger partial charge in [-0.1, -0.05) is 27.2 Å². The zero-order chi connectivity index (χ0) is 12.0. The first-order valence-electron chi connectivity index (χ1n) is 5.12. The van der Waals surface area contributed by atoms with Crippen LogP contribution in [0.3, 0.4) is 0 Å². The van der Waals surface area contributed by atoms with E-state index in [9.17, 15) is 9.59 Å². The van der Waals surface area contributed by atoms with E-state index in [2.05, 4.69) is 0 Å². The summed E-state index contributed by atoms with van der Waals surface area (Å²) < 4.78 is 4.78. The first-order valence-corrected chi connectivity index (χ1v) is 5.12. The van der Waals surface area contributed by atoms with Crippen molar-refractivity contribution in [1.29, 1.82) is 0 Å². The largest absolute Gasteiger partial charge is 0.479 e. The molecule has 0 aliphatic carbocycles. The number of nitrogens with two attached hydrogens (primary N) is 1. The van der Waals surface area contributed by atoms with Crippen molar-refractivity contribution in [2.45, 2.75) is 45.8 Å². The van der Waals surface area contributed by atoms with Crippen LogP contribution in [0.15, 0.2) is 0 Å². The summed E-state index contributed by atoms with van der Waals surface area (Å²) in [6, 6.07) is -0.747. The molecule has 15 heavy (non-hydrogen) atoms. The fourth-order valence-electron chi connectivity index (χ4n) is 1.01. The highest BCUT2D eigenvalue weighted by Gasteiger charge is 2.26. The van der Waals surface area contributed by atoms with E-state index in [1.807, 2.05) is 13.8 Å². The van der Waals surface area contributed by atoms with Gasteiger partial charge in [0.1, 0.15) is 6.04 Å². The monoisotopic (exact) mass is 217 g/mol. The zero-order valence-electron chi connectivity index (χ0n) is 9.40. The van der Waals surface area contributed by atoms with E-state index in [0.717, 1.165) is 6.42 Å². The van der Waals surface area contributed by atoms with Crippen LogP contribution in [-0.4, -0.2) is 29.2 Å². The normalized spacial score (nSPS) is 16.5. The molecule has 0 aliphatic heterocycles. The lowest BCUT2D eigenvalue weighted by molar-refractivity contribution is -0.165. The third-order valence-electron chi connectivity index (χ3n) is 2.43. The third-order valence-corrected chi connectivity index (χ3v) is 2.43. The predicted octanol–water partition coefficient (Wildman–Crippen LogP) is 0.766. The lowest BCUT2D eigenvalue weighted by Gasteiger charge is -2.19. The quantitative estimate of drug-likeness (QED) is 0.641. The van der Waals surface area contributed by atoms with E-state index in [1.54, 1.807) is 6.92 Å². The molecule has 0 aromatic heterocycles. The molecule has 0 amide bonds. The smallest absolute Gasteiger partial charge is 0.345 e. The molecule has 0 rings (SSSR count). The molecule has 88 valence electrons. The number of ether oxygens (including phenoxy) is 1. The summed E-state index contributed by atoms with van der Waals surface area (Å²) in [7, 11) is 0. The molecule has 0 radical (unpaired) electrons. The third kappa shape index (κ3) is 4.29. The molecule has 0 fully saturated rings. The highest BCUT2D eigenvalue weighted by Crippen LogP contribution is 2.09. The van der Waals surface area contributed by atoms with Crippen LogP contribution in [0.5, 0.6) is 0 Å². The highest BCUT2D eigenvalue weighted by molar-refractivity contribution is 5.80. The summed E-state index contributed by atoms with van der Waals surface area (Å²) in [4.78, 5) is 22.0. The molecule has 0 saturated heterocycles. The van der Waals surface area contributed by atoms with Crippen molar-refractivity contribution < 1.29 is 19.4 Å². The molecule has 0 saturated carbocycles. The molecule has 1 unspecified atom stereocenters. The van der Waals surface area contributed by atoms with Crippen LogP contribution in [0.1, 0.15) is 33.6 Å². The lowest BCUT2D eigenvalue weighted by Crippen LogP contribution is -2.41. The minimum absolute atomic E-state index is 0.0104. The highest BCUT2D eigenvalue weighted by atomic mass is 16.6. The number of carbonyl (C=O) groups excluding carboxylic acids is 1.